The van der Waals surface area contributed by atoms with Crippen molar-refractivity contribution < 1.29 is 10.2 Å². The molecule has 0 fully saturated rings. The highest BCUT2D eigenvalue weighted by atomic mass is 16.5. The van der Waals surface area contributed by atoms with Gasteiger partial charge in [0.1, 0.15) is 0 Å². The normalized spacial score (nSPS) is 14.2. The molecular weight excluding hydrogens is 188 g/mol. The van der Waals surface area contributed by atoms with Crippen molar-refractivity contribution in [1.82, 2.24) is 0 Å². The first-order chi connectivity index (χ1) is 7.08. The van der Waals surface area contributed by atoms with E-state index in [1.165, 1.54) is 12.8 Å². The lowest BCUT2D eigenvalue weighted by atomic mass is 9.87. The number of hydrogen-bond acceptors (Lipinski definition) is 2. The lowest BCUT2D eigenvalue weighted by Crippen LogP contribution is -2.37. The summed E-state index contributed by atoms with van der Waals surface area (Å²) in [6, 6.07) is 0. The lowest BCUT2D eigenvalue weighted by molar-refractivity contribution is -0.207. The minimum Gasteiger partial charge on any atom is -0.365 e. The van der Waals surface area contributed by atoms with Crippen LogP contribution < -0.4 is 0 Å². The summed E-state index contributed by atoms with van der Waals surface area (Å²) in [6.45, 7) is 6.29. The second-order valence-corrected chi connectivity index (χ2v) is 4.58. The largest absolute Gasteiger partial charge is 0.365 e. The van der Waals surface area contributed by atoms with Gasteiger partial charge in [0.05, 0.1) is 0 Å². The number of unbranched alkanes of at least 4 members (excludes halogenated alkanes) is 3. The Labute approximate surface area is 94.7 Å². The summed E-state index contributed by atoms with van der Waals surface area (Å²) >= 11 is 0. The van der Waals surface area contributed by atoms with Crippen LogP contribution in [0.25, 0.3) is 0 Å². The molecule has 0 aliphatic carbocycles. The van der Waals surface area contributed by atoms with Gasteiger partial charge in [0.15, 0.2) is 5.79 Å². The third-order valence-corrected chi connectivity index (χ3v) is 3.18. The van der Waals surface area contributed by atoms with Gasteiger partial charge in [0, 0.05) is 12.3 Å². The van der Waals surface area contributed by atoms with Crippen LogP contribution in [0.3, 0.4) is 0 Å². The molecule has 15 heavy (non-hydrogen) atoms. The highest BCUT2D eigenvalue weighted by molar-refractivity contribution is 4.74. The zero-order valence-electron chi connectivity index (χ0n) is 10.6. The number of aliphatic hydroxyl groups is 2. The SMILES string of the molecule is CCCCCCC(O)(O)C(CC)CCC. The molecule has 1 atom stereocenters. The van der Waals surface area contributed by atoms with Crippen LogP contribution in [0.15, 0.2) is 0 Å². The van der Waals surface area contributed by atoms with Crippen molar-refractivity contribution in [3.63, 3.8) is 0 Å². The van der Waals surface area contributed by atoms with E-state index in [-0.39, 0.29) is 5.92 Å². The van der Waals surface area contributed by atoms with E-state index < -0.39 is 5.79 Å². The summed E-state index contributed by atoms with van der Waals surface area (Å²) in [5.74, 6) is -1.39. The molecule has 2 nitrogen and oxygen atoms in total. The lowest BCUT2D eigenvalue weighted by Gasteiger charge is -2.30. The molecule has 0 rings (SSSR count). The monoisotopic (exact) mass is 216 g/mol. The summed E-state index contributed by atoms with van der Waals surface area (Å²) in [6.07, 6.45) is 7.76. The smallest absolute Gasteiger partial charge is 0.165 e. The van der Waals surface area contributed by atoms with E-state index in [9.17, 15) is 10.2 Å². The fraction of sp³-hybridized carbons (Fsp3) is 1.00. The Bertz CT molecular complexity index is 143. The molecule has 0 radical (unpaired) electrons. The second-order valence-electron chi connectivity index (χ2n) is 4.58. The van der Waals surface area contributed by atoms with Crippen molar-refractivity contribution in [3.05, 3.63) is 0 Å². The molecule has 0 spiro atoms. The molecule has 0 aromatic rings. The summed E-state index contributed by atoms with van der Waals surface area (Å²) in [5.41, 5.74) is 0. The summed E-state index contributed by atoms with van der Waals surface area (Å²) < 4.78 is 0. The molecule has 0 saturated heterocycles. The molecule has 0 aromatic carbocycles. The average molecular weight is 216 g/mol. The first-order valence-corrected chi connectivity index (χ1v) is 6.53. The van der Waals surface area contributed by atoms with E-state index in [1.807, 2.05) is 6.92 Å². The van der Waals surface area contributed by atoms with Crippen molar-refractivity contribution in [1.29, 1.82) is 0 Å². The van der Waals surface area contributed by atoms with Gasteiger partial charge in [0.2, 0.25) is 0 Å². The Morgan fingerprint density at radius 3 is 2.07 bits per heavy atom. The maximum Gasteiger partial charge on any atom is 0.165 e. The van der Waals surface area contributed by atoms with Crippen LogP contribution in [0.5, 0.6) is 0 Å². The molecule has 0 bridgehead atoms. The van der Waals surface area contributed by atoms with Crippen molar-refractivity contribution in [2.24, 2.45) is 5.92 Å². The van der Waals surface area contributed by atoms with Crippen molar-refractivity contribution in [3.8, 4) is 0 Å². The van der Waals surface area contributed by atoms with E-state index in [0.717, 1.165) is 32.1 Å². The van der Waals surface area contributed by atoms with E-state index in [1.54, 1.807) is 0 Å². The Morgan fingerprint density at radius 1 is 0.933 bits per heavy atom. The molecule has 2 heteroatoms. The van der Waals surface area contributed by atoms with Crippen LogP contribution in [0, 0.1) is 5.92 Å². The Morgan fingerprint density at radius 2 is 1.60 bits per heavy atom. The molecule has 0 aromatic heterocycles. The van der Waals surface area contributed by atoms with Crippen LogP contribution in [-0.2, 0) is 0 Å². The van der Waals surface area contributed by atoms with Gasteiger partial charge in [-0.2, -0.15) is 0 Å². The molecule has 2 N–H and O–H groups in total. The predicted octanol–water partition coefficient (Wildman–Crippen LogP) is 3.46. The molecule has 0 heterocycles. The fourth-order valence-corrected chi connectivity index (χ4v) is 2.13. The molecule has 0 saturated carbocycles. The van der Waals surface area contributed by atoms with E-state index >= 15 is 0 Å². The fourth-order valence-electron chi connectivity index (χ4n) is 2.13. The zero-order chi connectivity index (χ0) is 11.7. The standard InChI is InChI=1S/C13H28O2/c1-4-7-8-9-11-13(14,15)12(6-3)10-5-2/h12,14-15H,4-11H2,1-3H3. The Balaban J connectivity index is 3.90. The summed E-state index contributed by atoms with van der Waals surface area (Å²) in [7, 11) is 0. The van der Waals surface area contributed by atoms with Crippen LogP contribution in [0.1, 0.15) is 72.1 Å². The molecular formula is C13H28O2. The van der Waals surface area contributed by atoms with E-state index in [2.05, 4.69) is 13.8 Å². The maximum atomic E-state index is 9.96. The minimum absolute atomic E-state index is 0.0455. The first kappa shape index (κ1) is 14.9. The quantitative estimate of drug-likeness (QED) is 0.458. The van der Waals surface area contributed by atoms with Gasteiger partial charge in [-0.05, 0) is 19.3 Å². The molecule has 92 valence electrons. The van der Waals surface area contributed by atoms with Crippen molar-refractivity contribution in [2.45, 2.75) is 77.9 Å². The Hall–Kier alpha value is -0.0800. The predicted molar refractivity (Wildman–Crippen MR) is 64.6 cm³/mol. The summed E-state index contributed by atoms with van der Waals surface area (Å²) in [4.78, 5) is 0. The van der Waals surface area contributed by atoms with Crippen LogP contribution in [-0.4, -0.2) is 16.0 Å². The average Bonchev–Trinajstić information content (AvgIpc) is 2.20. The van der Waals surface area contributed by atoms with E-state index in [0.29, 0.717) is 6.42 Å². The maximum absolute atomic E-state index is 9.96. The van der Waals surface area contributed by atoms with Crippen LogP contribution in [0.4, 0.5) is 0 Å². The third-order valence-electron chi connectivity index (χ3n) is 3.18. The minimum atomic E-state index is -1.43. The van der Waals surface area contributed by atoms with E-state index in [4.69, 9.17) is 0 Å². The third kappa shape index (κ3) is 6.16. The molecule has 0 aliphatic heterocycles. The molecule has 0 aliphatic rings. The summed E-state index contributed by atoms with van der Waals surface area (Å²) in [5, 5.41) is 19.9. The second kappa shape index (κ2) is 8.12. The van der Waals surface area contributed by atoms with Crippen LogP contribution in [0.2, 0.25) is 0 Å². The van der Waals surface area contributed by atoms with Crippen molar-refractivity contribution >= 4 is 0 Å². The van der Waals surface area contributed by atoms with Gasteiger partial charge in [-0.25, -0.2) is 0 Å². The van der Waals surface area contributed by atoms with Gasteiger partial charge in [0.25, 0.3) is 0 Å². The van der Waals surface area contributed by atoms with Gasteiger partial charge >= 0.3 is 0 Å². The van der Waals surface area contributed by atoms with Gasteiger partial charge < -0.3 is 10.2 Å². The van der Waals surface area contributed by atoms with Gasteiger partial charge in [-0.1, -0.05) is 46.5 Å². The zero-order valence-corrected chi connectivity index (χ0v) is 10.6. The number of hydrogen-bond donors (Lipinski definition) is 2. The highest BCUT2D eigenvalue weighted by Gasteiger charge is 2.31. The topological polar surface area (TPSA) is 40.5 Å². The molecule has 1 unspecified atom stereocenters. The highest BCUT2D eigenvalue weighted by Crippen LogP contribution is 2.28. The van der Waals surface area contributed by atoms with Gasteiger partial charge in [-0.3, -0.25) is 0 Å². The molecule has 0 amide bonds. The van der Waals surface area contributed by atoms with Crippen molar-refractivity contribution in [2.75, 3.05) is 0 Å². The van der Waals surface area contributed by atoms with Gasteiger partial charge in [-0.15, -0.1) is 0 Å². The Kier molecular flexibility index (Phi) is 8.07. The van der Waals surface area contributed by atoms with Crippen LogP contribution >= 0.6 is 0 Å². The first-order valence-electron chi connectivity index (χ1n) is 6.53. The number of rotatable bonds is 9.